The largest absolute Gasteiger partial charge is 0.399 e. The van der Waals surface area contributed by atoms with Crippen molar-refractivity contribution in [3.63, 3.8) is 0 Å². The van der Waals surface area contributed by atoms with E-state index in [0.29, 0.717) is 4.47 Å². The normalized spacial score (nSPS) is 11.3. The van der Waals surface area contributed by atoms with E-state index in [-0.39, 0.29) is 22.0 Å². The quantitative estimate of drug-likeness (QED) is 0.825. The van der Waals surface area contributed by atoms with Crippen LogP contribution in [-0.4, -0.2) is 13.4 Å². The van der Waals surface area contributed by atoms with Crippen molar-refractivity contribution < 1.29 is 12.8 Å². The third-order valence-electron chi connectivity index (χ3n) is 2.57. The zero-order valence-corrected chi connectivity index (χ0v) is 12.8. The molecule has 3 N–H and O–H groups in total. The van der Waals surface area contributed by atoms with Gasteiger partial charge in [0.15, 0.2) is 0 Å². The van der Waals surface area contributed by atoms with E-state index in [9.17, 15) is 12.8 Å². The SMILES string of the molecule is Cc1c(F)cc(N)cc1S(=O)(=O)Nc1ccc(Br)cn1. The van der Waals surface area contributed by atoms with E-state index in [4.69, 9.17) is 5.73 Å². The lowest BCUT2D eigenvalue weighted by molar-refractivity contribution is 0.591. The second kappa shape index (κ2) is 5.37. The molecule has 0 aliphatic rings. The van der Waals surface area contributed by atoms with Crippen molar-refractivity contribution in [1.82, 2.24) is 4.98 Å². The maximum Gasteiger partial charge on any atom is 0.263 e. The first kappa shape index (κ1) is 14.7. The lowest BCUT2D eigenvalue weighted by Crippen LogP contribution is -2.16. The van der Waals surface area contributed by atoms with Crippen molar-refractivity contribution in [2.75, 3.05) is 10.5 Å². The fourth-order valence-corrected chi connectivity index (χ4v) is 3.11. The lowest BCUT2D eigenvalue weighted by atomic mass is 10.2. The van der Waals surface area contributed by atoms with Crippen LogP contribution in [0.25, 0.3) is 0 Å². The van der Waals surface area contributed by atoms with Crippen LogP contribution in [0, 0.1) is 12.7 Å². The first-order chi connectivity index (χ1) is 9.29. The van der Waals surface area contributed by atoms with E-state index in [1.807, 2.05) is 0 Å². The van der Waals surface area contributed by atoms with Crippen molar-refractivity contribution >= 4 is 37.5 Å². The Morgan fingerprint density at radius 3 is 2.65 bits per heavy atom. The molecule has 8 heteroatoms. The average Bonchev–Trinajstić information content (AvgIpc) is 2.36. The number of aromatic nitrogens is 1. The molecule has 106 valence electrons. The topological polar surface area (TPSA) is 85.1 Å². The van der Waals surface area contributed by atoms with Gasteiger partial charge in [-0.2, -0.15) is 0 Å². The Morgan fingerprint density at radius 2 is 2.05 bits per heavy atom. The van der Waals surface area contributed by atoms with Crippen LogP contribution in [0.15, 0.2) is 39.8 Å². The van der Waals surface area contributed by atoms with Gasteiger partial charge in [-0.05, 0) is 47.1 Å². The van der Waals surface area contributed by atoms with Crippen LogP contribution in [0.1, 0.15) is 5.56 Å². The number of hydrogen-bond acceptors (Lipinski definition) is 4. The molecule has 0 aliphatic heterocycles. The van der Waals surface area contributed by atoms with Crippen molar-refractivity contribution in [2.24, 2.45) is 0 Å². The number of pyridine rings is 1. The number of nitrogens with two attached hydrogens (primary N) is 1. The lowest BCUT2D eigenvalue weighted by Gasteiger charge is -2.11. The van der Waals surface area contributed by atoms with Gasteiger partial charge >= 0.3 is 0 Å². The Morgan fingerprint density at radius 1 is 1.35 bits per heavy atom. The molecular weight excluding hydrogens is 349 g/mol. The Balaban J connectivity index is 2.43. The first-order valence-corrected chi connectivity index (χ1v) is 7.77. The van der Waals surface area contributed by atoms with Crippen molar-refractivity contribution in [3.05, 3.63) is 46.3 Å². The number of nitrogens with one attached hydrogen (secondary N) is 1. The number of nitrogens with zero attached hydrogens (tertiary/aromatic N) is 1. The van der Waals surface area contributed by atoms with Gasteiger partial charge in [0, 0.05) is 21.9 Å². The summed E-state index contributed by atoms with van der Waals surface area (Å²) in [4.78, 5) is 3.69. The number of halogens is 2. The standard InChI is InChI=1S/C12H11BrFN3O2S/c1-7-10(14)4-9(15)5-11(7)20(18,19)17-12-3-2-8(13)6-16-12/h2-6H,15H2,1H3,(H,16,17). The molecule has 0 bridgehead atoms. The van der Waals surface area contributed by atoms with Gasteiger partial charge in [0.1, 0.15) is 11.6 Å². The predicted octanol–water partition coefficient (Wildman–Crippen LogP) is 2.67. The Hall–Kier alpha value is -1.67. The summed E-state index contributed by atoms with van der Waals surface area (Å²) in [6, 6.07) is 5.41. The van der Waals surface area contributed by atoms with Gasteiger partial charge in [-0.25, -0.2) is 17.8 Å². The first-order valence-electron chi connectivity index (χ1n) is 5.49. The highest BCUT2D eigenvalue weighted by Gasteiger charge is 2.20. The number of sulfonamides is 1. The highest BCUT2D eigenvalue weighted by molar-refractivity contribution is 9.10. The molecule has 1 aromatic heterocycles. The van der Waals surface area contributed by atoms with E-state index >= 15 is 0 Å². The monoisotopic (exact) mass is 359 g/mol. The van der Waals surface area contributed by atoms with Gasteiger partial charge < -0.3 is 5.73 Å². The Labute approximate surface area is 124 Å². The average molecular weight is 360 g/mol. The second-order valence-corrected chi connectivity index (χ2v) is 6.66. The molecular formula is C12H11BrFN3O2S. The molecule has 5 nitrogen and oxygen atoms in total. The summed E-state index contributed by atoms with van der Waals surface area (Å²) in [7, 11) is -3.95. The number of nitrogen functional groups attached to an aromatic ring is 1. The third-order valence-corrected chi connectivity index (χ3v) is 4.52. The van der Waals surface area contributed by atoms with Crippen LogP contribution >= 0.6 is 15.9 Å². The molecule has 0 aliphatic carbocycles. The third kappa shape index (κ3) is 3.07. The summed E-state index contributed by atoms with van der Waals surface area (Å²) < 4.78 is 41.0. The van der Waals surface area contributed by atoms with Gasteiger partial charge in [0.25, 0.3) is 10.0 Å². The maximum atomic E-state index is 13.6. The zero-order valence-electron chi connectivity index (χ0n) is 10.4. The second-order valence-electron chi connectivity index (χ2n) is 4.09. The fraction of sp³-hybridized carbons (Fsp3) is 0.0833. The minimum atomic E-state index is -3.95. The highest BCUT2D eigenvalue weighted by Crippen LogP contribution is 2.23. The molecule has 1 heterocycles. The summed E-state index contributed by atoms with van der Waals surface area (Å²) in [6.07, 6.45) is 1.45. The molecule has 0 fully saturated rings. The van der Waals surface area contributed by atoms with Crippen LogP contribution in [0.3, 0.4) is 0 Å². The van der Waals surface area contributed by atoms with Gasteiger partial charge in [0.05, 0.1) is 4.90 Å². The summed E-state index contributed by atoms with van der Waals surface area (Å²) in [5, 5.41) is 0. The minimum Gasteiger partial charge on any atom is -0.399 e. The van der Waals surface area contributed by atoms with Gasteiger partial charge in [0.2, 0.25) is 0 Å². The number of hydrogen-bond donors (Lipinski definition) is 2. The molecule has 0 saturated carbocycles. The van der Waals surface area contributed by atoms with Crippen LogP contribution in [0.5, 0.6) is 0 Å². The Kier molecular flexibility index (Phi) is 3.96. The molecule has 20 heavy (non-hydrogen) atoms. The molecule has 0 unspecified atom stereocenters. The van der Waals surface area contributed by atoms with Gasteiger partial charge in [-0.15, -0.1) is 0 Å². The van der Waals surface area contributed by atoms with E-state index in [0.717, 1.165) is 6.07 Å². The molecule has 0 spiro atoms. The summed E-state index contributed by atoms with van der Waals surface area (Å²) >= 11 is 3.19. The van der Waals surface area contributed by atoms with Crippen LogP contribution in [-0.2, 0) is 10.0 Å². The van der Waals surface area contributed by atoms with Crippen LogP contribution in [0.4, 0.5) is 15.9 Å². The summed E-state index contributed by atoms with van der Waals surface area (Å²) in [5.74, 6) is -0.537. The van der Waals surface area contributed by atoms with Gasteiger partial charge in [-0.1, -0.05) is 0 Å². The zero-order chi connectivity index (χ0) is 14.9. The number of anilines is 2. The maximum absolute atomic E-state index is 13.6. The summed E-state index contributed by atoms with van der Waals surface area (Å²) in [5.41, 5.74) is 5.53. The van der Waals surface area contributed by atoms with E-state index in [1.54, 1.807) is 6.07 Å². The molecule has 1 aromatic carbocycles. The number of benzene rings is 1. The molecule has 0 atom stereocenters. The smallest absolute Gasteiger partial charge is 0.263 e. The molecule has 0 saturated heterocycles. The van der Waals surface area contributed by atoms with E-state index in [2.05, 4.69) is 25.6 Å². The molecule has 2 rings (SSSR count). The van der Waals surface area contributed by atoms with Gasteiger partial charge in [-0.3, -0.25) is 4.72 Å². The van der Waals surface area contributed by atoms with E-state index < -0.39 is 15.8 Å². The number of rotatable bonds is 3. The Bertz CT molecular complexity index is 748. The predicted molar refractivity (Wildman–Crippen MR) is 78.3 cm³/mol. The van der Waals surface area contributed by atoms with Crippen LogP contribution < -0.4 is 10.5 Å². The molecule has 0 amide bonds. The minimum absolute atomic E-state index is 0.00353. The van der Waals surface area contributed by atoms with Crippen molar-refractivity contribution in [2.45, 2.75) is 11.8 Å². The van der Waals surface area contributed by atoms with Crippen molar-refractivity contribution in [1.29, 1.82) is 0 Å². The van der Waals surface area contributed by atoms with Crippen LogP contribution in [0.2, 0.25) is 0 Å². The highest BCUT2D eigenvalue weighted by atomic mass is 79.9. The fourth-order valence-electron chi connectivity index (χ4n) is 1.58. The molecule has 0 radical (unpaired) electrons. The molecule has 2 aromatic rings. The van der Waals surface area contributed by atoms with Crippen molar-refractivity contribution in [3.8, 4) is 0 Å². The summed E-state index contributed by atoms with van der Waals surface area (Å²) in [6.45, 7) is 1.37. The van der Waals surface area contributed by atoms with E-state index in [1.165, 1.54) is 25.3 Å².